The maximum atomic E-state index is 12.4. The summed E-state index contributed by atoms with van der Waals surface area (Å²) in [5, 5.41) is 24.6. The summed E-state index contributed by atoms with van der Waals surface area (Å²) >= 11 is 5.97. The van der Waals surface area contributed by atoms with Crippen LogP contribution in [0.25, 0.3) is 0 Å². The third-order valence-electron chi connectivity index (χ3n) is 3.98. The zero-order valence-electron chi connectivity index (χ0n) is 15.5. The summed E-state index contributed by atoms with van der Waals surface area (Å²) < 4.78 is 10.8. The second-order valence-corrected chi connectivity index (χ2v) is 6.57. The number of carbonyl (C=O) groups is 1. The van der Waals surface area contributed by atoms with Crippen molar-refractivity contribution < 1.29 is 23.8 Å². The number of halogens is 1. The number of hydrogen-bond donors (Lipinski definition) is 1. The van der Waals surface area contributed by atoms with Crippen molar-refractivity contribution in [3.8, 4) is 5.75 Å². The SMILES string of the molecule is Cc1ccc(NC(=O)c2ccc(COc3cc([N+](=O)[O-])ccc3Cl)o2)c([N+](=O)[O-])c1. The summed E-state index contributed by atoms with van der Waals surface area (Å²) in [7, 11) is 0. The Hall–Kier alpha value is -3.92. The number of rotatable bonds is 7. The van der Waals surface area contributed by atoms with E-state index in [0.717, 1.165) is 0 Å². The standard InChI is InChI=1S/C19H14ClN3O7/c1-11-2-6-15(16(8-11)23(27)28)21-19(24)17-7-4-13(30-17)10-29-18-9-12(22(25)26)3-5-14(18)20/h2-9H,10H2,1H3,(H,21,24). The van der Waals surface area contributed by atoms with Crippen molar-refractivity contribution in [1.82, 2.24) is 0 Å². The van der Waals surface area contributed by atoms with Gasteiger partial charge in [-0.1, -0.05) is 17.7 Å². The van der Waals surface area contributed by atoms with Crippen LogP contribution in [-0.2, 0) is 6.61 Å². The molecule has 1 N–H and O–H groups in total. The molecule has 2 aromatic carbocycles. The minimum absolute atomic E-state index is 0.0353. The molecular formula is C19H14ClN3O7. The first-order valence-electron chi connectivity index (χ1n) is 8.46. The molecule has 1 aromatic heterocycles. The zero-order chi connectivity index (χ0) is 21.8. The lowest BCUT2D eigenvalue weighted by Crippen LogP contribution is -2.12. The van der Waals surface area contributed by atoms with Gasteiger partial charge in [-0.2, -0.15) is 0 Å². The largest absolute Gasteiger partial charge is 0.484 e. The van der Waals surface area contributed by atoms with Crippen molar-refractivity contribution in [3.05, 3.63) is 90.9 Å². The lowest BCUT2D eigenvalue weighted by atomic mass is 10.2. The van der Waals surface area contributed by atoms with E-state index in [0.29, 0.717) is 5.56 Å². The average Bonchev–Trinajstić information content (AvgIpc) is 3.17. The summed E-state index contributed by atoms with van der Waals surface area (Å²) in [5.74, 6) is -0.431. The van der Waals surface area contributed by atoms with E-state index in [2.05, 4.69) is 5.32 Å². The van der Waals surface area contributed by atoms with Gasteiger partial charge in [0.1, 0.15) is 23.8 Å². The molecule has 0 spiro atoms. The Balaban J connectivity index is 1.70. The van der Waals surface area contributed by atoms with Crippen LogP contribution in [0.2, 0.25) is 5.02 Å². The van der Waals surface area contributed by atoms with Crippen molar-refractivity contribution in [3.63, 3.8) is 0 Å². The first-order valence-corrected chi connectivity index (χ1v) is 8.84. The zero-order valence-corrected chi connectivity index (χ0v) is 16.2. The van der Waals surface area contributed by atoms with Crippen LogP contribution in [0.5, 0.6) is 5.75 Å². The number of anilines is 1. The van der Waals surface area contributed by atoms with Crippen molar-refractivity contribution in [2.45, 2.75) is 13.5 Å². The van der Waals surface area contributed by atoms with Crippen LogP contribution in [0, 0.1) is 27.2 Å². The first-order chi connectivity index (χ1) is 14.2. The highest BCUT2D eigenvalue weighted by Crippen LogP contribution is 2.30. The first kappa shape index (κ1) is 20.8. The maximum absolute atomic E-state index is 12.4. The van der Waals surface area contributed by atoms with E-state index in [4.69, 9.17) is 20.8 Å². The van der Waals surface area contributed by atoms with Crippen LogP contribution in [0.1, 0.15) is 21.9 Å². The van der Waals surface area contributed by atoms with Gasteiger partial charge in [-0.25, -0.2) is 0 Å². The van der Waals surface area contributed by atoms with Gasteiger partial charge in [0.2, 0.25) is 0 Å². The van der Waals surface area contributed by atoms with Crippen LogP contribution in [0.3, 0.4) is 0 Å². The fraction of sp³-hybridized carbons (Fsp3) is 0.105. The summed E-state index contributed by atoms with van der Waals surface area (Å²) in [6.07, 6.45) is 0. The summed E-state index contributed by atoms with van der Waals surface area (Å²) in [6, 6.07) is 11.0. The van der Waals surface area contributed by atoms with E-state index >= 15 is 0 Å². The molecule has 0 aliphatic heterocycles. The van der Waals surface area contributed by atoms with Crippen molar-refractivity contribution >= 4 is 34.6 Å². The molecule has 154 valence electrons. The van der Waals surface area contributed by atoms with Crippen LogP contribution >= 0.6 is 11.6 Å². The number of benzene rings is 2. The Morgan fingerprint density at radius 2 is 1.87 bits per heavy atom. The molecule has 0 aliphatic carbocycles. The Morgan fingerprint density at radius 1 is 1.10 bits per heavy atom. The molecule has 0 fully saturated rings. The molecule has 0 radical (unpaired) electrons. The number of amides is 1. The molecule has 10 nitrogen and oxygen atoms in total. The normalized spacial score (nSPS) is 10.5. The molecule has 11 heteroatoms. The van der Waals surface area contributed by atoms with Gasteiger partial charge in [0.25, 0.3) is 17.3 Å². The van der Waals surface area contributed by atoms with E-state index in [1.54, 1.807) is 13.0 Å². The molecular weight excluding hydrogens is 418 g/mol. The van der Waals surface area contributed by atoms with Gasteiger partial charge in [0.05, 0.1) is 20.9 Å². The van der Waals surface area contributed by atoms with E-state index in [-0.39, 0.29) is 46.0 Å². The van der Waals surface area contributed by atoms with E-state index in [9.17, 15) is 25.0 Å². The van der Waals surface area contributed by atoms with Gasteiger partial charge < -0.3 is 14.5 Å². The predicted molar refractivity (Wildman–Crippen MR) is 107 cm³/mol. The number of hydrogen-bond acceptors (Lipinski definition) is 7. The van der Waals surface area contributed by atoms with Crippen LogP contribution in [0.4, 0.5) is 17.1 Å². The molecule has 0 saturated carbocycles. The topological polar surface area (TPSA) is 138 Å². The number of nitro groups is 2. The molecule has 0 unspecified atom stereocenters. The second-order valence-electron chi connectivity index (χ2n) is 6.16. The summed E-state index contributed by atoms with van der Waals surface area (Å²) in [6.45, 7) is 1.56. The van der Waals surface area contributed by atoms with Crippen LogP contribution in [-0.4, -0.2) is 15.8 Å². The lowest BCUT2D eigenvalue weighted by molar-refractivity contribution is -0.385. The minimum atomic E-state index is -0.679. The molecule has 0 aliphatic rings. The molecule has 3 rings (SSSR count). The number of non-ortho nitro benzene ring substituents is 1. The fourth-order valence-electron chi connectivity index (χ4n) is 2.52. The number of nitro benzene ring substituents is 2. The average molecular weight is 432 g/mol. The Morgan fingerprint density at radius 3 is 2.57 bits per heavy atom. The van der Waals surface area contributed by atoms with Gasteiger partial charge in [0.15, 0.2) is 5.76 Å². The number of aryl methyl sites for hydroxylation is 1. The lowest BCUT2D eigenvalue weighted by Gasteiger charge is -2.06. The predicted octanol–water partition coefficient (Wildman–Crippen LogP) is 4.89. The summed E-state index contributed by atoms with van der Waals surface area (Å²) in [4.78, 5) is 33.2. The smallest absolute Gasteiger partial charge is 0.293 e. The second kappa shape index (κ2) is 8.62. The number of nitrogens with zero attached hydrogens (tertiary/aromatic N) is 2. The number of carbonyl (C=O) groups excluding carboxylic acids is 1. The third kappa shape index (κ3) is 4.73. The van der Waals surface area contributed by atoms with Gasteiger partial charge in [0, 0.05) is 12.1 Å². The maximum Gasteiger partial charge on any atom is 0.293 e. The minimum Gasteiger partial charge on any atom is -0.484 e. The van der Waals surface area contributed by atoms with E-state index in [1.807, 2.05) is 0 Å². The Bertz CT molecular complexity index is 1140. The molecule has 30 heavy (non-hydrogen) atoms. The molecule has 0 bridgehead atoms. The Kier molecular flexibility index (Phi) is 5.98. The highest BCUT2D eigenvalue weighted by atomic mass is 35.5. The molecule has 1 heterocycles. The monoisotopic (exact) mass is 431 g/mol. The molecule has 0 atom stereocenters. The van der Waals surface area contributed by atoms with Gasteiger partial charge in [-0.15, -0.1) is 0 Å². The van der Waals surface area contributed by atoms with E-state index < -0.39 is 15.8 Å². The molecule has 3 aromatic rings. The van der Waals surface area contributed by atoms with Crippen molar-refractivity contribution in [2.75, 3.05) is 5.32 Å². The highest BCUT2D eigenvalue weighted by Gasteiger charge is 2.19. The van der Waals surface area contributed by atoms with Gasteiger partial charge >= 0.3 is 0 Å². The van der Waals surface area contributed by atoms with Crippen LogP contribution in [0.15, 0.2) is 52.9 Å². The van der Waals surface area contributed by atoms with Crippen LogP contribution < -0.4 is 10.1 Å². The van der Waals surface area contributed by atoms with Gasteiger partial charge in [-0.05, 0) is 36.8 Å². The number of nitrogens with one attached hydrogen (secondary N) is 1. The van der Waals surface area contributed by atoms with E-state index in [1.165, 1.54) is 42.5 Å². The van der Waals surface area contributed by atoms with Crippen molar-refractivity contribution in [1.29, 1.82) is 0 Å². The van der Waals surface area contributed by atoms with Crippen molar-refractivity contribution in [2.24, 2.45) is 0 Å². The fourth-order valence-corrected chi connectivity index (χ4v) is 2.70. The third-order valence-corrected chi connectivity index (χ3v) is 4.29. The van der Waals surface area contributed by atoms with Gasteiger partial charge in [-0.3, -0.25) is 25.0 Å². The number of ether oxygens (including phenoxy) is 1. The summed E-state index contributed by atoms with van der Waals surface area (Å²) in [5.41, 5.74) is 0.289. The molecule has 1 amide bonds. The Labute approximate surface area is 174 Å². The number of furan rings is 1. The molecule has 0 saturated heterocycles. The quantitative estimate of drug-likeness (QED) is 0.415. The highest BCUT2D eigenvalue weighted by molar-refractivity contribution is 6.32.